The average molecular weight is 285 g/mol. The number of benzene rings is 2. The lowest BCUT2D eigenvalue weighted by Crippen LogP contribution is -2.26. The highest BCUT2D eigenvalue weighted by Gasteiger charge is 2.29. The number of aryl methyl sites for hydroxylation is 1. The molecule has 0 aromatic heterocycles. The van der Waals surface area contributed by atoms with E-state index < -0.39 is 0 Å². The molecule has 1 heterocycles. The van der Waals surface area contributed by atoms with Crippen molar-refractivity contribution in [2.24, 2.45) is 0 Å². The normalized spacial score (nSPS) is 12.7. The summed E-state index contributed by atoms with van der Waals surface area (Å²) >= 11 is 1.67. The van der Waals surface area contributed by atoms with Gasteiger partial charge in [-0.25, -0.2) is 0 Å². The molecule has 0 fully saturated rings. The summed E-state index contributed by atoms with van der Waals surface area (Å²) < 4.78 is 5.42. The van der Waals surface area contributed by atoms with Gasteiger partial charge < -0.3 is 4.74 Å². The Kier molecular flexibility index (Phi) is 3.18. The van der Waals surface area contributed by atoms with E-state index in [1.807, 2.05) is 30.3 Å². The summed E-state index contributed by atoms with van der Waals surface area (Å²) in [6, 6.07) is 12.0. The largest absolute Gasteiger partial charge is 0.495 e. The van der Waals surface area contributed by atoms with E-state index in [1.54, 1.807) is 30.7 Å². The van der Waals surface area contributed by atoms with Crippen molar-refractivity contribution in [3.05, 3.63) is 42.0 Å². The van der Waals surface area contributed by atoms with E-state index in [-0.39, 0.29) is 5.91 Å². The molecule has 0 N–H and O–H groups in total. The van der Waals surface area contributed by atoms with Gasteiger partial charge >= 0.3 is 0 Å². The number of hydrogen-bond acceptors (Lipinski definition) is 3. The van der Waals surface area contributed by atoms with Crippen molar-refractivity contribution in [2.75, 3.05) is 12.0 Å². The number of carbonyl (C=O) groups excluding carboxylic acids is 1. The van der Waals surface area contributed by atoms with Crippen molar-refractivity contribution < 1.29 is 9.53 Å². The molecule has 0 unspecified atom stereocenters. The fourth-order valence-electron chi connectivity index (χ4n) is 2.42. The van der Waals surface area contributed by atoms with Gasteiger partial charge in [0.1, 0.15) is 11.4 Å². The van der Waals surface area contributed by atoms with Crippen molar-refractivity contribution >= 4 is 29.0 Å². The number of amides is 1. The van der Waals surface area contributed by atoms with Gasteiger partial charge in [-0.05, 0) is 36.8 Å². The van der Waals surface area contributed by atoms with Crippen molar-refractivity contribution in [3.63, 3.8) is 0 Å². The van der Waals surface area contributed by atoms with Gasteiger partial charge in [0, 0.05) is 16.7 Å². The first-order valence-electron chi connectivity index (χ1n) is 6.38. The smallest absolute Gasteiger partial charge is 0.228 e. The van der Waals surface area contributed by atoms with E-state index in [2.05, 4.69) is 13.0 Å². The fourth-order valence-corrected chi connectivity index (χ4v) is 3.60. The summed E-state index contributed by atoms with van der Waals surface area (Å²) in [5, 5.41) is 0. The molecule has 0 saturated heterocycles. The maximum atomic E-state index is 12.1. The number of anilines is 2. The van der Waals surface area contributed by atoms with Crippen LogP contribution in [0.5, 0.6) is 5.75 Å². The van der Waals surface area contributed by atoms with Crippen LogP contribution in [-0.4, -0.2) is 13.0 Å². The Morgan fingerprint density at radius 2 is 2.00 bits per heavy atom. The first kappa shape index (κ1) is 13.1. The van der Waals surface area contributed by atoms with E-state index in [0.717, 1.165) is 26.9 Å². The Bertz CT molecular complexity index is 697. The third-order valence-electron chi connectivity index (χ3n) is 3.30. The van der Waals surface area contributed by atoms with Crippen LogP contribution in [0.3, 0.4) is 0 Å². The average Bonchev–Trinajstić information content (AvgIpc) is 2.43. The summed E-state index contributed by atoms with van der Waals surface area (Å²) in [5.41, 5.74) is 2.94. The molecule has 2 aromatic carbocycles. The van der Waals surface area contributed by atoms with Gasteiger partial charge in [-0.2, -0.15) is 0 Å². The zero-order valence-corrected chi connectivity index (χ0v) is 12.5. The number of fused-ring (bicyclic) bond motifs is 2. The fraction of sp³-hybridized carbons (Fsp3) is 0.188. The van der Waals surface area contributed by atoms with Gasteiger partial charge in [-0.3, -0.25) is 9.69 Å². The second-order valence-electron chi connectivity index (χ2n) is 4.73. The molecular weight excluding hydrogens is 270 g/mol. The minimum Gasteiger partial charge on any atom is -0.495 e. The van der Waals surface area contributed by atoms with Crippen LogP contribution >= 0.6 is 11.8 Å². The summed E-state index contributed by atoms with van der Waals surface area (Å²) in [4.78, 5) is 16.0. The molecule has 0 radical (unpaired) electrons. The maximum absolute atomic E-state index is 12.1. The number of ether oxygens (including phenoxy) is 1. The number of nitrogens with zero attached hydrogens (tertiary/aromatic N) is 1. The molecule has 1 amide bonds. The third-order valence-corrected chi connectivity index (χ3v) is 4.39. The van der Waals surface area contributed by atoms with Gasteiger partial charge in [0.2, 0.25) is 5.91 Å². The quantitative estimate of drug-likeness (QED) is 0.788. The molecular formula is C16H15NO2S. The summed E-state index contributed by atoms with van der Waals surface area (Å²) in [6.45, 7) is 3.63. The SMILES string of the molecule is COc1cccc2c1N(C(C)=O)c1ccc(C)cc1S2. The lowest BCUT2D eigenvalue weighted by atomic mass is 10.1. The summed E-state index contributed by atoms with van der Waals surface area (Å²) in [7, 11) is 1.63. The van der Waals surface area contributed by atoms with Crippen LogP contribution in [-0.2, 0) is 4.79 Å². The summed E-state index contributed by atoms with van der Waals surface area (Å²) in [5.74, 6) is 0.706. The first-order chi connectivity index (χ1) is 9.61. The van der Waals surface area contributed by atoms with Crippen LogP contribution in [0.1, 0.15) is 12.5 Å². The molecule has 3 nitrogen and oxygen atoms in total. The first-order valence-corrected chi connectivity index (χ1v) is 7.19. The molecule has 102 valence electrons. The number of carbonyl (C=O) groups is 1. The molecule has 2 aromatic rings. The molecule has 1 aliphatic rings. The molecule has 0 aliphatic carbocycles. The van der Waals surface area contributed by atoms with E-state index in [0.29, 0.717) is 0 Å². The monoisotopic (exact) mass is 285 g/mol. The maximum Gasteiger partial charge on any atom is 0.228 e. The Balaban J connectivity index is 2.26. The molecule has 0 atom stereocenters. The third kappa shape index (κ3) is 1.96. The van der Waals surface area contributed by atoms with Gasteiger partial charge in [-0.1, -0.05) is 23.9 Å². The van der Waals surface area contributed by atoms with Crippen molar-refractivity contribution in [1.29, 1.82) is 0 Å². The predicted octanol–water partition coefficient (Wildman–Crippen LogP) is 4.15. The minimum atomic E-state index is -0.0128. The van der Waals surface area contributed by atoms with Gasteiger partial charge in [-0.15, -0.1) is 0 Å². The van der Waals surface area contributed by atoms with E-state index in [4.69, 9.17) is 4.74 Å². The highest BCUT2D eigenvalue weighted by atomic mass is 32.2. The Morgan fingerprint density at radius 3 is 2.70 bits per heavy atom. The summed E-state index contributed by atoms with van der Waals surface area (Å²) in [6.07, 6.45) is 0. The van der Waals surface area contributed by atoms with Crippen molar-refractivity contribution in [2.45, 2.75) is 23.6 Å². The standard InChI is InChI=1S/C16H15NO2S/c1-10-7-8-12-15(9-10)20-14-6-4-5-13(19-3)16(14)17(12)11(2)18/h4-9H,1-3H3. The molecule has 0 bridgehead atoms. The lowest BCUT2D eigenvalue weighted by Gasteiger charge is -2.31. The van der Waals surface area contributed by atoms with Gasteiger partial charge in [0.05, 0.1) is 12.8 Å². The van der Waals surface area contributed by atoms with Crippen molar-refractivity contribution in [1.82, 2.24) is 0 Å². The van der Waals surface area contributed by atoms with Gasteiger partial charge in [0.15, 0.2) is 0 Å². The second-order valence-corrected chi connectivity index (χ2v) is 5.82. The lowest BCUT2D eigenvalue weighted by molar-refractivity contribution is -0.115. The molecule has 20 heavy (non-hydrogen) atoms. The van der Waals surface area contributed by atoms with Crippen LogP contribution in [0.4, 0.5) is 11.4 Å². The number of rotatable bonds is 1. The Hall–Kier alpha value is -1.94. The number of para-hydroxylation sites is 1. The molecule has 1 aliphatic heterocycles. The zero-order chi connectivity index (χ0) is 14.3. The van der Waals surface area contributed by atoms with Crippen LogP contribution in [0.15, 0.2) is 46.2 Å². The highest BCUT2D eigenvalue weighted by molar-refractivity contribution is 7.99. The van der Waals surface area contributed by atoms with Crippen LogP contribution in [0, 0.1) is 6.92 Å². The van der Waals surface area contributed by atoms with Crippen LogP contribution in [0.25, 0.3) is 0 Å². The second kappa shape index (κ2) is 4.87. The Morgan fingerprint density at radius 1 is 1.20 bits per heavy atom. The van der Waals surface area contributed by atoms with Crippen LogP contribution < -0.4 is 9.64 Å². The molecule has 0 saturated carbocycles. The minimum absolute atomic E-state index is 0.0128. The number of methoxy groups -OCH3 is 1. The Labute approximate surface area is 122 Å². The van der Waals surface area contributed by atoms with E-state index in [1.165, 1.54) is 5.56 Å². The topological polar surface area (TPSA) is 29.5 Å². The van der Waals surface area contributed by atoms with Crippen LogP contribution in [0.2, 0.25) is 0 Å². The molecule has 4 heteroatoms. The molecule has 0 spiro atoms. The van der Waals surface area contributed by atoms with Gasteiger partial charge in [0.25, 0.3) is 0 Å². The predicted molar refractivity (Wildman–Crippen MR) is 81.1 cm³/mol. The molecule has 3 rings (SSSR count). The number of hydrogen-bond donors (Lipinski definition) is 0. The highest BCUT2D eigenvalue weighted by Crippen LogP contribution is 2.51. The zero-order valence-electron chi connectivity index (χ0n) is 11.6. The van der Waals surface area contributed by atoms with E-state index >= 15 is 0 Å². The van der Waals surface area contributed by atoms with Crippen molar-refractivity contribution in [3.8, 4) is 5.75 Å². The van der Waals surface area contributed by atoms with E-state index in [9.17, 15) is 4.79 Å².